The smallest absolute Gasteiger partial charge is 0.410 e. The van der Waals surface area contributed by atoms with E-state index in [9.17, 15) is 9.59 Å². The topological polar surface area (TPSA) is 58.6 Å². The van der Waals surface area contributed by atoms with E-state index in [0.717, 1.165) is 5.69 Å². The van der Waals surface area contributed by atoms with Gasteiger partial charge in [0.2, 0.25) is 5.91 Å². The minimum atomic E-state index is -0.472. The maximum absolute atomic E-state index is 12.4. The highest BCUT2D eigenvalue weighted by Gasteiger charge is 2.16. The van der Waals surface area contributed by atoms with Crippen LogP contribution < -0.4 is 15.0 Å². The SMILES string of the molecule is CC=CC(=O)Nc1cccc(OC(=O)N(CC)c2ccccc2)c1. The monoisotopic (exact) mass is 324 g/mol. The van der Waals surface area contributed by atoms with Crippen molar-refractivity contribution in [3.05, 3.63) is 66.7 Å². The van der Waals surface area contributed by atoms with Gasteiger partial charge in [-0.1, -0.05) is 30.3 Å². The summed E-state index contributed by atoms with van der Waals surface area (Å²) < 4.78 is 5.42. The summed E-state index contributed by atoms with van der Waals surface area (Å²) in [6.45, 7) is 4.13. The Balaban J connectivity index is 2.09. The fourth-order valence-corrected chi connectivity index (χ4v) is 2.15. The lowest BCUT2D eigenvalue weighted by molar-refractivity contribution is -0.111. The number of para-hydroxylation sites is 1. The summed E-state index contributed by atoms with van der Waals surface area (Å²) in [4.78, 5) is 25.5. The highest BCUT2D eigenvalue weighted by molar-refractivity contribution is 5.99. The molecule has 124 valence electrons. The van der Waals surface area contributed by atoms with Crippen LogP contribution in [0.25, 0.3) is 0 Å². The predicted octanol–water partition coefficient (Wildman–Crippen LogP) is 4.23. The Morgan fingerprint density at radius 3 is 2.54 bits per heavy atom. The van der Waals surface area contributed by atoms with Crippen LogP contribution in [0.5, 0.6) is 5.75 Å². The fraction of sp³-hybridized carbons (Fsp3) is 0.158. The number of nitrogens with one attached hydrogen (secondary N) is 1. The Hall–Kier alpha value is -3.08. The van der Waals surface area contributed by atoms with Crippen LogP contribution in [-0.4, -0.2) is 18.5 Å². The van der Waals surface area contributed by atoms with Gasteiger partial charge in [-0.25, -0.2) is 4.79 Å². The Bertz CT molecular complexity index is 726. The van der Waals surface area contributed by atoms with Crippen molar-refractivity contribution in [1.29, 1.82) is 0 Å². The van der Waals surface area contributed by atoms with E-state index in [0.29, 0.717) is 18.0 Å². The summed E-state index contributed by atoms with van der Waals surface area (Å²) in [5.74, 6) is 0.133. The molecule has 5 heteroatoms. The highest BCUT2D eigenvalue weighted by Crippen LogP contribution is 2.20. The van der Waals surface area contributed by atoms with Gasteiger partial charge >= 0.3 is 6.09 Å². The van der Waals surface area contributed by atoms with Gasteiger partial charge in [-0.15, -0.1) is 0 Å². The summed E-state index contributed by atoms with van der Waals surface area (Å²) in [5, 5.41) is 2.70. The molecule has 0 unspecified atom stereocenters. The lowest BCUT2D eigenvalue weighted by Crippen LogP contribution is -2.33. The number of amides is 2. The van der Waals surface area contributed by atoms with Crippen molar-refractivity contribution in [2.75, 3.05) is 16.8 Å². The molecule has 1 N–H and O–H groups in total. The van der Waals surface area contributed by atoms with Crippen molar-refractivity contribution in [2.24, 2.45) is 0 Å². The minimum absolute atomic E-state index is 0.236. The Kier molecular flexibility index (Phi) is 6.14. The van der Waals surface area contributed by atoms with Crippen molar-refractivity contribution < 1.29 is 14.3 Å². The number of ether oxygens (including phenoxy) is 1. The summed E-state index contributed by atoms with van der Waals surface area (Å²) >= 11 is 0. The standard InChI is InChI=1S/C19H20N2O3/c1-3-9-18(22)20-15-10-8-13-17(14-15)24-19(23)21(4-2)16-11-6-5-7-12-16/h3,5-14H,4H2,1-2H3,(H,20,22). The van der Waals surface area contributed by atoms with Crippen LogP contribution in [0.4, 0.5) is 16.2 Å². The summed E-state index contributed by atoms with van der Waals surface area (Å²) in [6.07, 6.45) is 2.60. The molecule has 2 rings (SSSR count). The number of carbonyl (C=O) groups is 2. The molecule has 0 saturated carbocycles. The molecule has 5 nitrogen and oxygen atoms in total. The Morgan fingerprint density at radius 2 is 1.88 bits per heavy atom. The highest BCUT2D eigenvalue weighted by atomic mass is 16.6. The maximum atomic E-state index is 12.4. The van der Waals surface area contributed by atoms with Crippen molar-refractivity contribution >= 4 is 23.4 Å². The number of anilines is 2. The van der Waals surface area contributed by atoms with E-state index in [1.54, 1.807) is 37.3 Å². The molecule has 0 spiro atoms. The summed E-state index contributed by atoms with van der Waals surface area (Å²) in [5.41, 5.74) is 1.33. The molecule has 2 amide bonds. The van der Waals surface area contributed by atoms with Crippen LogP contribution in [0.2, 0.25) is 0 Å². The van der Waals surface area contributed by atoms with Gasteiger partial charge in [0, 0.05) is 24.0 Å². The predicted molar refractivity (Wildman–Crippen MR) is 95.4 cm³/mol. The lowest BCUT2D eigenvalue weighted by atomic mass is 10.3. The lowest BCUT2D eigenvalue weighted by Gasteiger charge is -2.20. The molecule has 0 radical (unpaired) electrons. The van der Waals surface area contributed by atoms with E-state index in [1.807, 2.05) is 37.3 Å². The molecule has 0 aliphatic heterocycles. The second-order valence-corrected chi connectivity index (χ2v) is 4.96. The Morgan fingerprint density at radius 1 is 1.12 bits per heavy atom. The van der Waals surface area contributed by atoms with Gasteiger partial charge in [-0.2, -0.15) is 0 Å². The number of carbonyl (C=O) groups excluding carboxylic acids is 2. The Labute approximate surface area is 141 Å². The molecule has 0 aliphatic carbocycles. The molecule has 0 saturated heterocycles. The molecular weight excluding hydrogens is 304 g/mol. The summed E-state index contributed by atoms with van der Waals surface area (Å²) in [6, 6.07) is 16.0. The molecule has 0 aromatic heterocycles. The third-order valence-corrected chi connectivity index (χ3v) is 3.23. The van der Waals surface area contributed by atoms with Crippen LogP contribution >= 0.6 is 0 Å². The zero-order valence-electron chi connectivity index (χ0n) is 13.7. The first-order chi connectivity index (χ1) is 11.6. The van der Waals surface area contributed by atoms with Crippen LogP contribution in [0.1, 0.15) is 13.8 Å². The molecule has 0 aliphatic rings. The van der Waals surface area contributed by atoms with Gasteiger partial charge in [-0.05, 0) is 44.2 Å². The number of hydrogen-bond donors (Lipinski definition) is 1. The average Bonchev–Trinajstić information content (AvgIpc) is 2.57. The third-order valence-electron chi connectivity index (χ3n) is 3.23. The van der Waals surface area contributed by atoms with Gasteiger partial charge in [-0.3, -0.25) is 9.69 Å². The normalized spacial score (nSPS) is 10.4. The molecule has 2 aromatic rings. The van der Waals surface area contributed by atoms with Gasteiger partial charge in [0.25, 0.3) is 0 Å². The molecule has 0 heterocycles. The molecule has 0 fully saturated rings. The number of rotatable bonds is 5. The number of nitrogens with zero attached hydrogens (tertiary/aromatic N) is 1. The first kappa shape index (κ1) is 17.3. The molecular formula is C19H20N2O3. The average molecular weight is 324 g/mol. The van der Waals surface area contributed by atoms with Crippen LogP contribution in [0.3, 0.4) is 0 Å². The van der Waals surface area contributed by atoms with E-state index >= 15 is 0 Å². The van der Waals surface area contributed by atoms with Crippen LogP contribution in [0, 0.1) is 0 Å². The van der Waals surface area contributed by atoms with E-state index in [4.69, 9.17) is 4.74 Å². The van der Waals surface area contributed by atoms with Crippen LogP contribution in [-0.2, 0) is 4.79 Å². The van der Waals surface area contributed by atoms with Crippen LogP contribution in [0.15, 0.2) is 66.7 Å². The maximum Gasteiger partial charge on any atom is 0.419 e. The number of allylic oxidation sites excluding steroid dienone is 1. The van der Waals surface area contributed by atoms with E-state index in [1.165, 1.54) is 11.0 Å². The third kappa shape index (κ3) is 4.71. The zero-order valence-corrected chi connectivity index (χ0v) is 13.7. The second-order valence-electron chi connectivity index (χ2n) is 4.96. The van der Waals surface area contributed by atoms with Gasteiger partial charge in [0.1, 0.15) is 5.75 Å². The van der Waals surface area contributed by atoms with E-state index < -0.39 is 6.09 Å². The minimum Gasteiger partial charge on any atom is -0.410 e. The van der Waals surface area contributed by atoms with Crippen molar-refractivity contribution in [1.82, 2.24) is 0 Å². The van der Waals surface area contributed by atoms with Crippen molar-refractivity contribution in [3.8, 4) is 5.75 Å². The zero-order chi connectivity index (χ0) is 17.4. The van der Waals surface area contributed by atoms with Crippen molar-refractivity contribution in [2.45, 2.75) is 13.8 Å². The molecule has 0 bridgehead atoms. The first-order valence-corrected chi connectivity index (χ1v) is 7.72. The largest absolute Gasteiger partial charge is 0.419 e. The molecule has 2 aromatic carbocycles. The second kappa shape index (κ2) is 8.53. The first-order valence-electron chi connectivity index (χ1n) is 7.72. The number of hydrogen-bond acceptors (Lipinski definition) is 3. The quantitative estimate of drug-likeness (QED) is 0.838. The number of benzene rings is 2. The van der Waals surface area contributed by atoms with Gasteiger partial charge in [0.15, 0.2) is 0 Å². The van der Waals surface area contributed by atoms with Gasteiger partial charge in [0.05, 0.1) is 0 Å². The molecule has 0 atom stereocenters. The van der Waals surface area contributed by atoms with Gasteiger partial charge < -0.3 is 10.1 Å². The van der Waals surface area contributed by atoms with Crippen molar-refractivity contribution in [3.63, 3.8) is 0 Å². The van der Waals surface area contributed by atoms with E-state index in [-0.39, 0.29) is 5.91 Å². The molecule has 24 heavy (non-hydrogen) atoms. The van der Waals surface area contributed by atoms with E-state index in [2.05, 4.69) is 5.32 Å². The fourth-order valence-electron chi connectivity index (χ4n) is 2.15. The summed E-state index contributed by atoms with van der Waals surface area (Å²) in [7, 11) is 0.